The van der Waals surface area contributed by atoms with Gasteiger partial charge in [-0.15, -0.1) is 0 Å². The van der Waals surface area contributed by atoms with Crippen molar-refractivity contribution in [2.75, 3.05) is 26.2 Å². The molecule has 0 saturated carbocycles. The van der Waals surface area contributed by atoms with Crippen molar-refractivity contribution in [3.8, 4) is 0 Å². The van der Waals surface area contributed by atoms with Crippen LogP contribution in [-0.2, 0) is 4.79 Å². The minimum atomic E-state index is -0.0338. The van der Waals surface area contributed by atoms with E-state index in [1.165, 1.54) is 0 Å². The van der Waals surface area contributed by atoms with E-state index in [4.69, 9.17) is 0 Å². The predicted molar refractivity (Wildman–Crippen MR) is 111 cm³/mol. The van der Waals surface area contributed by atoms with Crippen molar-refractivity contribution in [1.29, 1.82) is 0 Å². The zero-order valence-electron chi connectivity index (χ0n) is 15.9. The summed E-state index contributed by atoms with van der Waals surface area (Å²) < 4.78 is 0.771. The van der Waals surface area contributed by atoms with Gasteiger partial charge in [0.2, 0.25) is 5.91 Å². The third kappa shape index (κ3) is 4.87. The second-order valence-corrected chi connectivity index (χ2v) is 7.80. The molecule has 0 bridgehead atoms. The first-order valence-corrected chi connectivity index (χ1v) is 10.2. The van der Waals surface area contributed by atoms with Crippen LogP contribution in [0, 0.1) is 6.92 Å². The van der Waals surface area contributed by atoms with Crippen LogP contribution in [0.3, 0.4) is 0 Å². The van der Waals surface area contributed by atoms with Gasteiger partial charge in [0.1, 0.15) is 0 Å². The zero-order chi connectivity index (χ0) is 20.1. The topological polar surface area (TPSA) is 57.7 Å². The van der Waals surface area contributed by atoms with E-state index in [1.54, 1.807) is 28.0 Å². The Balaban J connectivity index is 1.48. The molecule has 0 atom stereocenters. The van der Waals surface area contributed by atoms with E-state index >= 15 is 0 Å². The Bertz CT molecular complexity index is 872. The molecule has 2 aromatic rings. The summed E-state index contributed by atoms with van der Waals surface area (Å²) in [6, 6.07) is 14.7. The SMILES string of the molecule is Cc1ccc(C(=O)CCC(=O)N2CCN(C(=O)c3ccccc3Br)CC2)cc1. The normalized spacial score (nSPS) is 14.1. The summed E-state index contributed by atoms with van der Waals surface area (Å²) in [7, 11) is 0. The number of aryl methyl sites for hydroxylation is 1. The monoisotopic (exact) mass is 442 g/mol. The third-order valence-corrected chi connectivity index (χ3v) is 5.65. The first-order chi connectivity index (χ1) is 13.5. The van der Waals surface area contributed by atoms with E-state index in [-0.39, 0.29) is 30.4 Å². The maximum absolute atomic E-state index is 12.6. The summed E-state index contributed by atoms with van der Waals surface area (Å²) >= 11 is 3.41. The van der Waals surface area contributed by atoms with Crippen molar-refractivity contribution < 1.29 is 14.4 Å². The summed E-state index contributed by atoms with van der Waals surface area (Å²) in [5.41, 5.74) is 2.37. The highest BCUT2D eigenvalue weighted by atomic mass is 79.9. The lowest BCUT2D eigenvalue weighted by molar-refractivity contribution is -0.132. The van der Waals surface area contributed by atoms with E-state index in [1.807, 2.05) is 37.3 Å². The minimum absolute atomic E-state index is 0.0175. The molecule has 1 aliphatic rings. The summed E-state index contributed by atoms with van der Waals surface area (Å²) in [6.45, 7) is 3.95. The summed E-state index contributed by atoms with van der Waals surface area (Å²) in [5, 5.41) is 0. The molecule has 2 amide bonds. The fourth-order valence-electron chi connectivity index (χ4n) is 3.23. The van der Waals surface area contributed by atoms with Crippen LogP contribution in [0.2, 0.25) is 0 Å². The lowest BCUT2D eigenvalue weighted by Gasteiger charge is -2.35. The molecule has 2 aromatic carbocycles. The first kappa shape index (κ1) is 20.3. The number of amides is 2. The molecule has 0 N–H and O–H groups in total. The first-order valence-electron chi connectivity index (χ1n) is 9.37. The molecule has 6 heteroatoms. The van der Waals surface area contributed by atoms with Gasteiger partial charge in [0.15, 0.2) is 5.78 Å². The van der Waals surface area contributed by atoms with Gasteiger partial charge in [0.05, 0.1) is 5.56 Å². The van der Waals surface area contributed by atoms with Gasteiger partial charge < -0.3 is 9.80 Å². The molecule has 5 nitrogen and oxygen atoms in total. The number of carbonyl (C=O) groups is 3. The number of hydrogen-bond acceptors (Lipinski definition) is 3. The van der Waals surface area contributed by atoms with Crippen LogP contribution < -0.4 is 0 Å². The van der Waals surface area contributed by atoms with Crippen molar-refractivity contribution >= 4 is 33.5 Å². The van der Waals surface area contributed by atoms with Crippen molar-refractivity contribution in [3.05, 3.63) is 69.7 Å². The molecule has 1 fully saturated rings. The van der Waals surface area contributed by atoms with Crippen molar-refractivity contribution in [3.63, 3.8) is 0 Å². The average molecular weight is 443 g/mol. The Labute approximate surface area is 173 Å². The van der Waals surface area contributed by atoms with Crippen molar-refractivity contribution in [2.45, 2.75) is 19.8 Å². The standard InChI is InChI=1S/C22H23BrN2O3/c1-16-6-8-17(9-7-16)20(26)10-11-21(27)24-12-14-25(15-13-24)22(28)18-4-2-3-5-19(18)23/h2-9H,10-15H2,1H3. The molecule has 1 saturated heterocycles. The van der Waals surface area contributed by atoms with E-state index in [0.717, 1.165) is 10.0 Å². The number of hydrogen-bond donors (Lipinski definition) is 0. The molecular formula is C22H23BrN2O3. The number of halogens is 1. The Morgan fingerprint density at radius 2 is 1.46 bits per heavy atom. The molecule has 28 heavy (non-hydrogen) atoms. The lowest BCUT2D eigenvalue weighted by atomic mass is 10.0. The molecule has 3 rings (SSSR count). The third-order valence-electron chi connectivity index (χ3n) is 4.96. The van der Waals surface area contributed by atoms with Gasteiger partial charge in [-0.1, -0.05) is 42.0 Å². The minimum Gasteiger partial charge on any atom is -0.339 e. The molecule has 0 radical (unpaired) electrons. The van der Waals surface area contributed by atoms with Crippen LogP contribution >= 0.6 is 15.9 Å². The Kier molecular flexibility index (Phi) is 6.62. The van der Waals surface area contributed by atoms with Gasteiger partial charge in [-0.3, -0.25) is 14.4 Å². The van der Waals surface area contributed by atoms with E-state index in [9.17, 15) is 14.4 Å². The van der Waals surface area contributed by atoms with E-state index in [2.05, 4.69) is 15.9 Å². The number of Topliss-reactive ketones (excluding diaryl/α,β-unsaturated/α-hetero) is 1. The van der Waals surface area contributed by atoms with Crippen LogP contribution in [-0.4, -0.2) is 53.6 Å². The Morgan fingerprint density at radius 3 is 2.11 bits per heavy atom. The summed E-state index contributed by atoms with van der Waals surface area (Å²) in [4.78, 5) is 40.8. The van der Waals surface area contributed by atoms with Gasteiger partial charge in [0, 0.05) is 49.1 Å². The quantitative estimate of drug-likeness (QED) is 0.663. The highest BCUT2D eigenvalue weighted by molar-refractivity contribution is 9.10. The lowest BCUT2D eigenvalue weighted by Crippen LogP contribution is -2.50. The fraction of sp³-hybridized carbons (Fsp3) is 0.318. The van der Waals surface area contributed by atoms with Crippen molar-refractivity contribution in [1.82, 2.24) is 9.80 Å². The number of ketones is 1. The second-order valence-electron chi connectivity index (χ2n) is 6.94. The number of carbonyl (C=O) groups excluding carboxylic acids is 3. The van der Waals surface area contributed by atoms with E-state index < -0.39 is 0 Å². The molecule has 0 aromatic heterocycles. The molecule has 146 valence electrons. The van der Waals surface area contributed by atoms with Crippen LogP contribution in [0.1, 0.15) is 39.1 Å². The van der Waals surface area contributed by atoms with Gasteiger partial charge in [0.25, 0.3) is 5.91 Å². The molecular weight excluding hydrogens is 420 g/mol. The van der Waals surface area contributed by atoms with Gasteiger partial charge in [-0.2, -0.15) is 0 Å². The summed E-state index contributed by atoms with van der Waals surface area (Å²) in [5.74, 6) is -0.0846. The number of piperazine rings is 1. The van der Waals surface area contributed by atoms with Crippen LogP contribution in [0.25, 0.3) is 0 Å². The van der Waals surface area contributed by atoms with Crippen molar-refractivity contribution in [2.24, 2.45) is 0 Å². The molecule has 1 heterocycles. The Hall–Kier alpha value is -2.47. The smallest absolute Gasteiger partial charge is 0.255 e. The Morgan fingerprint density at radius 1 is 0.857 bits per heavy atom. The number of nitrogens with zero attached hydrogens (tertiary/aromatic N) is 2. The summed E-state index contributed by atoms with van der Waals surface area (Å²) in [6.07, 6.45) is 0.406. The van der Waals surface area contributed by atoms with Crippen LogP contribution in [0.4, 0.5) is 0 Å². The van der Waals surface area contributed by atoms with Gasteiger partial charge >= 0.3 is 0 Å². The molecule has 1 aliphatic heterocycles. The average Bonchev–Trinajstić information content (AvgIpc) is 2.72. The number of benzene rings is 2. The van der Waals surface area contributed by atoms with Crippen LogP contribution in [0.15, 0.2) is 53.0 Å². The largest absolute Gasteiger partial charge is 0.339 e. The van der Waals surface area contributed by atoms with Gasteiger partial charge in [-0.25, -0.2) is 0 Å². The molecule has 0 spiro atoms. The highest BCUT2D eigenvalue weighted by Crippen LogP contribution is 2.19. The molecule has 0 aliphatic carbocycles. The van der Waals surface area contributed by atoms with E-state index in [0.29, 0.717) is 37.3 Å². The second kappa shape index (κ2) is 9.15. The van der Waals surface area contributed by atoms with Crippen LogP contribution in [0.5, 0.6) is 0 Å². The zero-order valence-corrected chi connectivity index (χ0v) is 17.4. The number of rotatable bonds is 5. The maximum Gasteiger partial charge on any atom is 0.255 e. The maximum atomic E-state index is 12.6. The predicted octanol–water partition coefficient (Wildman–Crippen LogP) is 3.71. The molecule has 0 unspecified atom stereocenters. The van der Waals surface area contributed by atoms with Gasteiger partial charge in [-0.05, 0) is 35.0 Å². The fourth-order valence-corrected chi connectivity index (χ4v) is 3.68. The highest BCUT2D eigenvalue weighted by Gasteiger charge is 2.25.